The molecule has 11 heteroatoms. The van der Waals surface area contributed by atoms with Crippen LogP contribution in [0, 0.1) is 11.6 Å². The van der Waals surface area contributed by atoms with E-state index in [1.54, 1.807) is 0 Å². The number of anilines is 2. The molecule has 0 spiro atoms. The van der Waals surface area contributed by atoms with Gasteiger partial charge in [-0.2, -0.15) is 0 Å². The molecule has 1 amide bonds. The monoisotopic (exact) mass is 486 g/mol. The Morgan fingerprint density at radius 2 is 1.58 bits per heavy atom. The highest BCUT2D eigenvalue weighted by Crippen LogP contribution is 2.28. The normalized spacial score (nSPS) is 11.1. The Kier molecular flexibility index (Phi) is 6.99. The first-order valence-corrected chi connectivity index (χ1v) is 10.8. The summed E-state index contributed by atoms with van der Waals surface area (Å²) >= 11 is 11.9. The van der Waals surface area contributed by atoms with E-state index in [0.29, 0.717) is 10.7 Å². The lowest BCUT2D eigenvalue weighted by Gasteiger charge is -2.12. The summed E-state index contributed by atoms with van der Waals surface area (Å²) in [5, 5.41) is 2.75. The van der Waals surface area contributed by atoms with Crippen LogP contribution in [0.3, 0.4) is 0 Å². The first kappa shape index (κ1) is 22.8. The Hall–Kier alpha value is -2.88. The first-order valence-electron chi connectivity index (χ1n) is 8.60. The molecule has 0 bridgehead atoms. The van der Waals surface area contributed by atoms with Crippen molar-refractivity contribution < 1.29 is 26.7 Å². The molecule has 6 nitrogen and oxygen atoms in total. The van der Waals surface area contributed by atoms with Crippen molar-refractivity contribution in [3.05, 3.63) is 82.3 Å². The Balaban J connectivity index is 1.64. The van der Waals surface area contributed by atoms with Crippen molar-refractivity contribution in [1.29, 1.82) is 0 Å². The van der Waals surface area contributed by atoms with E-state index in [-0.39, 0.29) is 21.4 Å². The van der Waals surface area contributed by atoms with Crippen LogP contribution in [0.15, 0.2) is 65.6 Å². The van der Waals surface area contributed by atoms with Crippen molar-refractivity contribution >= 4 is 50.5 Å². The van der Waals surface area contributed by atoms with E-state index >= 15 is 0 Å². The summed E-state index contributed by atoms with van der Waals surface area (Å²) in [6, 6.07) is 12.7. The number of rotatable bonds is 7. The fourth-order valence-electron chi connectivity index (χ4n) is 2.41. The average Bonchev–Trinajstić information content (AvgIpc) is 2.71. The first-order chi connectivity index (χ1) is 14.6. The van der Waals surface area contributed by atoms with E-state index in [4.69, 9.17) is 27.9 Å². The van der Waals surface area contributed by atoms with Crippen LogP contribution in [-0.2, 0) is 14.8 Å². The van der Waals surface area contributed by atoms with Crippen molar-refractivity contribution in [1.82, 2.24) is 0 Å². The van der Waals surface area contributed by atoms with Crippen molar-refractivity contribution in [2.24, 2.45) is 0 Å². The molecule has 0 unspecified atom stereocenters. The van der Waals surface area contributed by atoms with Crippen molar-refractivity contribution in [3.63, 3.8) is 0 Å². The number of carbonyl (C=O) groups is 1. The number of amides is 1. The summed E-state index contributed by atoms with van der Waals surface area (Å²) in [5.41, 5.74) is 0.364. The van der Waals surface area contributed by atoms with Crippen LogP contribution < -0.4 is 14.8 Å². The molecule has 2 N–H and O–H groups in total. The summed E-state index contributed by atoms with van der Waals surface area (Å²) < 4.78 is 58.8. The third-order valence-corrected chi connectivity index (χ3v) is 5.80. The zero-order valence-electron chi connectivity index (χ0n) is 15.5. The molecule has 0 aliphatic carbocycles. The Morgan fingerprint density at radius 1 is 0.903 bits per heavy atom. The minimum Gasteiger partial charge on any atom is -0.482 e. The fourth-order valence-corrected chi connectivity index (χ4v) is 3.92. The van der Waals surface area contributed by atoms with Gasteiger partial charge in [0.1, 0.15) is 5.75 Å². The second kappa shape index (κ2) is 9.51. The standard InChI is InChI=1S/C20H14Cl2F2N2O4S/c21-12-1-3-13(4-2-12)26-31(28,29)15-6-8-19(16(22)10-15)30-11-20(27)25-14-5-7-17(23)18(24)9-14/h1-10,26H,11H2,(H,25,27). The molecular weight excluding hydrogens is 473 g/mol. The van der Waals surface area contributed by atoms with Crippen LogP contribution in [-0.4, -0.2) is 20.9 Å². The molecule has 0 aliphatic heterocycles. The average molecular weight is 487 g/mol. The zero-order chi connectivity index (χ0) is 22.6. The Morgan fingerprint density at radius 3 is 2.23 bits per heavy atom. The second-order valence-electron chi connectivity index (χ2n) is 6.17. The molecule has 162 valence electrons. The molecule has 0 heterocycles. The number of hydrogen-bond donors (Lipinski definition) is 2. The molecular formula is C20H14Cl2F2N2O4S. The van der Waals surface area contributed by atoms with Crippen LogP contribution in [0.1, 0.15) is 0 Å². The van der Waals surface area contributed by atoms with Crippen LogP contribution >= 0.6 is 23.2 Å². The molecule has 0 aliphatic rings. The third kappa shape index (κ3) is 6.06. The SMILES string of the molecule is O=C(COc1ccc(S(=O)(=O)Nc2ccc(Cl)cc2)cc1Cl)Nc1ccc(F)c(F)c1. The van der Waals surface area contributed by atoms with E-state index < -0.39 is 34.2 Å². The smallest absolute Gasteiger partial charge is 0.262 e. The summed E-state index contributed by atoms with van der Waals surface area (Å²) in [6.45, 7) is -0.492. The molecule has 3 aromatic rings. The maximum Gasteiger partial charge on any atom is 0.262 e. The van der Waals surface area contributed by atoms with E-state index in [0.717, 1.165) is 12.1 Å². The van der Waals surface area contributed by atoms with Gasteiger partial charge in [-0.25, -0.2) is 17.2 Å². The number of nitrogens with one attached hydrogen (secondary N) is 2. The number of carbonyl (C=O) groups excluding carboxylic acids is 1. The third-order valence-electron chi connectivity index (χ3n) is 3.87. The lowest BCUT2D eigenvalue weighted by molar-refractivity contribution is -0.118. The van der Waals surface area contributed by atoms with Crippen LogP contribution in [0.2, 0.25) is 10.0 Å². The Bertz CT molecular complexity index is 1220. The van der Waals surface area contributed by atoms with E-state index in [2.05, 4.69) is 10.0 Å². The van der Waals surface area contributed by atoms with Gasteiger partial charge in [-0.3, -0.25) is 9.52 Å². The van der Waals surface area contributed by atoms with E-state index in [1.165, 1.54) is 48.5 Å². The van der Waals surface area contributed by atoms with Gasteiger partial charge in [-0.15, -0.1) is 0 Å². The van der Waals surface area contributed by atoms with E-state index in [9.17, 15) is 22.0 Å². The summed E-state index contributed by atoms with van der Waals surface area (Å²) in [4.78, 5) is 11.8. The number of hydrogen-bond acceptors (Lipinski definition) is 4. The van der Waals surface area contributed by atoms with E-state index in [1.807, 2.05) is 0 Å². The highest BCUT2D eigenvalue weighted by atomic mass is 35.5. The summed E-state index contributed by atoms with van der Waals surface area (Å²) in [5.74, 6) is -2.73. The molecule has 0 fully saturated rings. The van der Waals surface area contributed by atoms with Crippen LogP contribution in [0.25, 0.3) is 0 Å². The number of halogens is 4. The fraction of sp³-hybridized carbons (Fsp3) is 0.0500. The molecule has 0 atom stereocenters. The predicted molar refractivity (Wildman–Crippen MR) is 114 cm³/mol. The highest BCUT2D eigenvalue weighted by molar-refractivity contribution is 7.92. The summed E-state index contributed by atoms with van der Waals surface area (Å²) in [7, 11) is -3.92. The molecule has 31 heavy (non-hydrogen) atoms. The molecule has 3 aromatic carbocycles. The molecule has 3 rings (SSSR count). The lowest BCUT2D eigenvalue weighted by atomic mass is 10.3. The van der Waals surface area contributed by atoms with Crippen LogP contribution in [0.4, 0.5) is 20.2 Å². The van der Waals surface area contributed by atoms with Gasteiger partial charge in [0, 0.05) is 22.5 Å². The highest BCUT2D eigenvalue weighted by Gasteiger charge is 2.17. The predicted octanol–water partition coefficient (Wildman–Crippen LogP) is 5.09. The lowest BCUT2D eigenvalue weighted by Crippen LogP contribution is -2.20. The molecule has 0 saturated heterocycles. The van der Waals surface area contributed by atoms with Crippen LogP contribution in [0.5, 0.6) is 5.75 Å². The number of ether oxygens (including phenoxy) is 1. The van der Waals surface area contributed by atoms with Gasteiger partial charge >= 0.3 is 0 Å². The maximum atomic E-state index is 13.2. The minimum absolute atomic E-state index is 0.0420. The quantitative estimate of drug-likeness (QED) is 0.487. The van der Waals surface area contributed by atoms with Crippen molar-refractivity contribution in [2.75, 3.05) is 16.6 Å². The Labute approximate surface area is 186 Å². The van der Waals surface area contributed by atoms with Gasteiger partial charge in [0.25, 0.3) is 15.9 Å². The second-order valence-corrected chi connectivity index (χ2v) is 8.70. The van der Waals surface area contributed by atoms with Gasteiger partial charge < -0.3 is 10.1 Å². The van der Waals surface area contributed by atoms with Crippen molar-refractivity contribution in [2.45, 2.75) is 4.90 Å². The van der Waals surface area contributed by atoms with Crippen molar-refractivity contribution in [3.8, 4) is 5.75 Å². The minimum atomic E-state index is -3.92. The number of benzene rings is 3. The summed E-state index contributed by atoms with van der Waals surface area (Å²) in [6.07, 6.45) is 0. The number of sulfonamides is 1. The zero-order valence-corrected chi connectivity index (χ0v) is 17.9. The van der Waals surface area contributed by atoms with Gasteiger partial charge in [-0.05, 0) is 54.6 Å². The topological polar surface area (TPSA) is 84.5 Å². The molecule has 0 saturated carbocycles. The molecule has 0 aromatic heterocycles. The molecule has 0 radical (unpaired) electrons. The van der Waals surface area contributed by atoms with Gasteiger partial charge in [0.15, 0.2) is 18.2 Å². The maximum absolute atomic E-state index is 13.2. The van der Waals surface area contributed by atoms with Gasteiger partial charge in [0.2, 0.25) is 0 Å². The van der Waals surface area contributed by atoms with Gasteiger partial charge in [0.05, 0.1) is 9.92 Å². The largest absolute Gasteiger partial charge is 0.482 e. The van der Waals surface area contributed by atoms with Gasteiger partial charge in [-0.1, -0.05) is 23.2 Å².